The van der Waals surface area contributed by atoms with Crippen LogP contribution < -0.4 is 14.8 Å². The summed E-state index contributed by atoms with van der Waals surface area (Å²) in [5, 5.41) is 3.12. The summed E-state index contributed by atoms with van der Waals surface area (Å²) in [7, 11) is 0. The molecule has 1 saturated heterocycles. The van der Waals surface area contributed by atoms with E-state index in [0.717, 1.165) is 32.4 Å². The van der Waals surface area contributed by atoms with Crippen LogP contribution in [0.3, 0.4) is 0 Å². The third-order valence-electron chi connectivity index (χ3n) is 3.07. The summed E-state index contributed by atoms with van der Waals surface area (Å²) >= 11 is 0. The van der Waals surface area contributed by atoms with Crippen LogP contribution in [0.2, 0.25) is 0 Å². The SMILES string of the molecule is CCCNc1nc(OCC)nc(OCC2CCCCO2)n1. The topological polar surface area (TPSA) is 78.4 Å². The quantitative estimate of drug-likeness (QED) is 0.786. The highest BCUT2D eigenvalue weighted by molar-refractivity contribution is 5.27. The molecule has 1 aliphatic heterocycles. The first-order valence-corrected chi connectivity index (χ1v) is 7.69. The van der Waals surface area contributed by atoms with Gasteiger partial charge in [-0.3, -0.25) is 0 Å². The lowest BCUT2D eigenvalue weighted by molar-refractivity contribution is -0.0130. The highest BCUT2D eigenvalue weighted by atomic mass is 16.5. The van der Waals surface area contributed by atoms with Gasteiger partial charge in [0.05, 0.1) is 12.7 Å². The molecule has 2 rings (SSSR count). The largest absolute Gasteiger partial charge is 0.464 e. The first-order valence-electron chi connectivity index (χ1n) is 7.69. The predicted octanol–water partition coefficient (Wildman–Crippen LogP) is 2.04. The van der Waals surface area contributed by atoms with Gasteiger partial charge in [-0.1, -0.05) is 6.92 Å². The maximum absolute atomic E-state index is 5.65. The summed E-state index contributed by atoms with van der Waals surface area (Å²) in [5.74, 6) is 0.481. The van der Waals surface area contributed by atoms with Crippen LogP contribution >= 0.6 is 0 Å². The second-order valence-electron chi connectivity index (χ2n) is 4.88. The average Bonchev–Trinajstić information content (AvgIpc) is 2.52. The molecule has 1 aliphatic rings. The van der Waals surface area contributed by atoms with E-state index in [1.54, 1.807) is 0 Å². The van der Waals surface area contributed by atoms with Gasteiger partial charge in [0.15, 0.2) is 0 Å². The van der Waals surface area contributed by atoms with Gasteiger partial charge in [0.25, 0.3) is 0 Å². The van der Waals surface area contributed by atoms with Gasteiger partial charge in [-0.15, -0.1) is 4.98 Å². The Bertz CT molecular complexity index is 425. The van der Waals surface area contributed by atoms with Gasteiger partial charge in [0.2, 0.25) is 5.95 Å². The van der Waals surface area contributed by atoms with Gasteiger partial charge in [0.1, 0.15) is 6.61 Å². The van der Waals surface area contributed by atoms with Gasteiger partial charge in [-0.25, -0.2) is 0 Å². The summed E-state index contributed by atoms with van der Waals surface area (Å²) in [6.07, 6.45) is 4.44. The van der Waals surface area contributed by atoms with Gasteiger partial charge in [-0.2, -0.15) is 9.97 Å². The monoisotopic (exact) mass is 296 g/mol. The minimum Gasteiger partial charge on any atom is -0.464 e. The number of hydrogen-bond acceptors (Lipinski definition) is 7. The Kier molecular flexibility index (Phi) is 6.46. The second-order valence-corrected chi connectivity index (χ2v) is 4.88. The van der Waals surface area contributed by atoms with Crippen molar-refractivity contribution in [3.63, 3.8) is 0 Å². The standard InChI is InChI=1S/C14H24N4O3/c1-3-8-15-12-16-13(19-4-2)18-14(17-12)21-10-11-7-5-6-9-20-11/h11H,3-10H2,1-2H3,(H,15,16,17,18). The fraction of sp³-hybridized carbons (Fsp3) is 0.786. The van der Waals surface area contributed by atoms with Crippen molar-refractivity contribution in [3.05, 3.63) is 0 Å². The molecular weight excluding hydrogens is 272 g/mol. The zero-order valence-electron chi connectivity index (χ0n) is 12.8. The van der Waals surface area contributed by atoms with Crippen LogP contribution in [0, 0.1) is 0 Å². The van der Waals surface area contributed by atoms with Crippen LogP contribution in [0.15, 0.2) is 0 Å². The molecule has 0 radical (unpaired) electrons. The summed E-state index contributed by atoms with van der Waals surface area (Å²) in [4.78, 5) is 12.6. The van der Waals surface area contributed by atoms with E-state index in [1.165, 1.54) is 6.42 Å². The van der Waals surface area contributed by atoms with Crippen LogP contribution in [0.4, 0.5) is 5.95 Å². The van der Waals surface area contributed by atoms with Crippen molar-refractivity contribution < 1.29 is 14.2 Å². The van der Waals surface area contributed by atoms with E-state index in [1.807, 2.05) is 6.92 Å². The number of rotatable bonds is 8. The molecular formula is C14H24N4O3. The van der Waals surface area contributed by atoms with E-state index in [4.69, 9.17) is 14.2 Å². The number of hydrogen-bond donors (Lipinski definition) is 1. The van der Waals surface area contributed by atoms with Crippen LogP contribution in [0.1, 0.15) is 39.5 Å². The lowest BCUT2D eigenvalue weighted by Gasteiger charge is -2.22. The Balaban J connectivity index is 1.96. The van der Waals surface area contributed by atoms with Crippen LogP contribution in [0.25, 0.3) is 0 Å². The molecule has 1 fully saturated rings. The molecule has 1 atom stereocenters. The molecule has 0 amide bonds. The van der Waals surface area contributed by atoms with Gasteiger partial charge in [0, 0.05) is 13.2 Å². The van der Waals surface area contributed by atoms with Crippen LogP contribution in [-0.2, 0) is 4.74 Å². The van der Waals surface area contributed by atoms with Crippen molar-refractivity contribution in [2.75, 3.05) is 31.7 Å². The van der Waals surface area contributed by atoms with E-state index >= 15 is 0 Å². The normalized spacial score (nSPS) is 18.3. The number of anilines is 1. The van der Waals surface area contributed by atoms with E-state index < -0.39 is 0 Å². The molecule has 7 heteroatoms. The molecule has 1 N–H and O–H groups in total. The van der Waals surface area contributed by atoms with Crippen molar-refractivity contribution in [1.82, 2.24) is 15.0 Å². The first kappa shape index (κ1) is 15.8. The average molecular weight is 296 g/mol. The van der Waals surface area contributed by atoms with E-state index in [2.05, 4.69) is 27.2 Å². The fourth-order valence-electron chi connectivity index (χ4n) is 2.02. The molecule has 2 heterocycles. The number of ether oxygens (including phenoxy) is 3. The summed E-state index contributed by atoms with van der Waals surface area (Å²) < 4.78 is 16.6. The maximum atomic E-state index is 5.65. The molecule has 1 aromatic heterocycles. The van der Waals surface area contributed by atoms with Gasteiger partial charge >= 0.3 is 12.0 Å². The summed E-state index contributed by atoms with van der Waals surface area (Å²) in [6, 6.07) is 0.562. The predicted molar refractivity (Wildman–Crippen MR) is 78.9 cm³/mol. The Hall–Kier alpha value is -1.63. The third-order valence-corrected chi connectivity index (χ3v) is 3.07. The van der Waals surface area contributed by atoms with Crippen molar-refractivity contribution in [2.45, 2.75) is 45.6 Å². The van der Waals surface area contributed by atoms with Crippen LogP contribution in [-0.4, -0.2) is 47.4 Å². The minimum absolute atomic E-state index is 0.123. The molecule has 7 nitrogen and oxygen atoms in total. The van der Waals surface area contributed by atoms with Crippen LogP contribution in [0.5, 0.6) is 12.0 Å². The van der Waals surface area contributed by atoms with E-state index in [-0.39, 0.29) is 18.1 Å². The van der Waals surface area contributed by atoms with Gasteiger partial charge < -0.3 is 19.5 Å². The molecule has 1 aromatic rings. The minimum atomic E-state index is 0.123. The van der Waals surface area contributed by atoms with Crippen molar-refractivity contribution in [1.29, 1.82) is 0 Å². The highest BCUT2D eigenvalue weighted by Crippen LogP contribution is 2.16. The first-order chi connectivity index (χ1) is 10.3. The Morgan fingerprint density at radius 1 is 1.14 bits per heavy atom. The Morgan fingerprint density at radius 3 is 2.62 bits per heavy atom. The lowest BCUT2D eigenvalue weighted by atomic mass is 10.1. The smallest absolute Gasteiger partial charge is 0.324 e. The number of nitrogens with one attached hydrogen (secondary N) is 1. The summed E-state index contributed by atoms with van der Waals surface area (Å²) in [5.41, 5.74) is 0. The molecule has 0 aliphatic carbocycles. The van der Waals surface area contributed by atoms with E-state index in [0.29, 0.717) is 19.2 Å². The molecule has 0 aromatic carbocycles. The maximum Gasteiger partial charge on any atom is 0.324 e. The number of nitrogens with zero attached hydrogens (tertiary/aromatic N) is 3. The fourth-order valence-corrected chi connectivity index (χ4v) is 2.02. The lowest BCUT2D eigenvalue weighted by Crippen LogP contribution is -2.26. The molecule has 118 valence electrons. The van der Waals surface area contributed by atoms with Crippen molar-refractivity contribution in [2.24, 2.45) is 0 Å². The highest BCUT2D eigenvalue weighted by Gasteiger charge is 2.16. The van der Waals surface area contributed by atoms with Crippen molar-refractivity contribution >= 4 is 5.95 Å². The number of aromatic nitrogens is 3. The third kappa shape index (κ3) is 5.34. The zero-order chi connectivity index (χ0) is 14.9. The Morgan fingerprint density at radius 2 is 1.95 bits per heavy atom. The molecule has 1 unspecified atom stereocenters. The molecule has 21 heavy (non-hydrogen) atoms. The summed E-state index contributed by atoms with van der Waals surface area (Å²) in [6.45, 7) is 6.53. The molecule has 0 bridgehead atoms. The van der Waals surface area contributed by atoms with Gasteiger partial charge in [-0.05, 0) is 32.6 Å². The molecule has 0 spiro atoms. The van der Waals surface area contributed by atoms with E-state index in [9.17, 15) is 0 Å². The zero-order valence-corrected chi connectivity index (χ0v) is 12.8. The molecule has 0 saturated carbocycles. The second kappa shape index (κ2) is 8.61. The van der Waals surface area contributed by atoms with Crippen molar-refractivity contribution in [3.8, 4) is 12.0 Å². The Labute approximate surface area is 125 Å².